The number of amides is 2. The summed E-state index contributed by atoms with van der Waals surface area (Å²) < 4.78 is 0. The van der Waals surface area contributed by atoms with E-state index >= 15 is 0 Å². The van der Waals surface area contributed by atoms with Crippen molar-refractivity contribution in [1.29, 1.82) is 0 Å². The zero-order chi connectivity index (χ0) is 12.5. The summed E-state index contributed by atoms with van der Waals surface area (Å²) in [5, 5.41) is 8.69. The molecule has 0 radical (unpaired) electrons. The third-order valence-electron chi connectivity index (χ3n) is 3.35. The summed E-state index contributed by atoms with van der Waals surface area (Å²) >= 11 is 0. The van der Waals surface area contributed by atoms with Crippen LogP contribution in [0.1, 0.15) is 44.9 Å². The van der Waals surface area contributed by atoms with Crippen molar-refractivity contribution < 1.29 is 9.90 Å². The lowest BCUT2D eigenvalue weighted by Crippen LogP contribution is -2.42. The Morgan fingerprint density at radius 2 is 1.76 bits per heavy atom. The van der Waals surface area contributed by atoms with Gasteiger partial charge in [-0.25, -0.2) is 4.79 Å². The largest absolute Gasteiger partial charge is 0.396 e. The highest BCUT2D eigenvalue weighted by atomic mass is 16.2. The zero-order valence-corrected chi connectivity index (χ0v) is 11.0. The first-order valence-electron chi connectivity index (χ1n) is 6.86. The van der Waals surface area contributed by atoms with Crippen molar-refractivity contribution in [3.8, 4) is 0 Å². The van der Waals surface area contributed by atoms with Crippen LogP contribution in [0.15, 0.2) is 0 Å². The molecular formula is C13H26N2O2. The van der Waals surface area contributed by atoms with Crippen LogP contribution in [0, 0.1) is 0 Å². The van der Waals surface area contributed by atoms with Crippen LogP contribution < -0.4 is 0 Å². The van der Waals surface area contributed by atoms with Crippen LogP contribution in [0.25, 0.3) is 0 Å². The normalized spacial score (nSPS) is 16.7. The Morgan fingerprint density at radius 3 is 2.35 bits per heavy atom. The molecule has 1 N–H and O–H groups in total. The fraction of sp³-hybridized carbons (Fsp3) is 0.923. The molecule has 1 heterocycles. The minimum atomic E-state index is 0.177. The Labute approximate surface area is 105 Å². The number of rotatable bonds is 5. The van der Waals surface area contributed by atoms with Gasteiger partial charge < -0.3 is 14.9 Å². The highest BCUT2D eigenvalue weighted by Crippen LogP contribution is 2.11. The topological polar surface area (TPSA) is 43.8 Å². The average Bonchev–Trinajstić information content (AvgIpc) is 2.62. The molecule has 0 atom stereocenters. The lowest BCUT2D eigenvalue weighted by Gasteiger charge is -2.27. The number of aliphatic hydroxyl groups is 1. The van der Waals surface area contributed by atoms with E-state index in [9.17, 15) is 4.79 Å². The van der Waals surface area contributed by atoms with E-state index in [1.165, 1.54) is 12.8 Å². The van der Waals surface area contributed by atoms with Gasteiger partial charge in [-0.15, -0.1) is 0 Å². The van der Waals surface area contributed by atoms with Gasteiger partial charge in [-0.05, 0) is 32.1 Å². The third kappa shape index (κ3) is 5.39. The first-order valence-corrected chi connectivity index (χ1v) is 6.86. The Hall–Kier alpha value is -0.770. The van der Waals surface area contributed by atoms with Crippen LogP contribution in [0.5, 0.6) is 0 Å². The number of aliphatic hydroxyl groups excluding tert-OH is 1. The molecule has 1 rings (SSSR count). The molecule has 0 aromatic carbocycles. The van der Waals surface area contributed by atoms with E-state index < -0.39 is 0 Å². The molecule has 0 bridgehead atoms. The second kappa shape index (κ2) is 8.34. The van der Waals surface area contributed by atoms with Gasteiger partial charge in [0.25, 0.3) is 0 Å². The molecule has 0 aromatic heterocycles. The monoisotopic (exact) mass is 242 g/mol. The van der Waals surface area contributed by atoms with Gasteiger partial charge in [-0.1, -0.05) is 12.8 Å². The van der Waals surface area contributed by atoms with E-state index in [2.05, 4.69) is 0 Å². The Kier molecular flexibility index (Phi) is 7.01. The van der Waals surface area contributed by atoms with Gasteiger partial charge in [0.05, 0.1) is 0 Å². The first-order chi connectivity index (χ1) is 8.25. The van der Waals surface area contributed by atoms with E-state index in [0.29, 0.717) is 0 Å². The van der Waals surface area contributed by atoms with Crippen LogP contribution in [0.4, 0.5) is 4.79 Å². The fourth-order valence-electron chi connectivity index (χ4n) is 2.24. The molecule has 0 saturated carbocycles. The number of likely N-dealkylation sites (tertiary alicyclic amines) is 1. The number of carbonyl (C=O) groups is 1. The molecule has 0 spiro atoms. The smallest absolute Gasteiger partial charge is 0.319 e. The summed E-state index contributed by atoms with van der Waals surface area (Å²) in [6, 6.07) is 0.177. The molecule has 0 unspecified atom stereocenters. The molecule has 1 aliphatic rings. The highest BCUT2D eigenvalue weighted by molar-refractivity contribution is 5.74. The van der Waals surface area contributed by atoms with Crippen LogP contribution >= 0.6 is 0 Å². The molecule has 4 nitrogen and oxygen atoms in total. The maximum atomic E-state index is 12.1. The second-order valence-electron chi connectivity index (χ2n) is 4.89. The lowest BCUT2D eigenvalue weighted by atomic mass is 10.2. The Morgan fingerprint density at radius 1 is 1.12 bits per heavy atom. The van der Waals surface area contributed by atoms with E-state index in [4.69, 9.17) is 5.11 Å². The summed E-state index contributed by atoms with van der Waals surface area (Å²) in [6.45, 7) is 2.89. The molecule has 1 saturated heterocycles. The van der Waals surface area contributed by atoms with Crippen LogP contribution in [0.2, 0.25) is 0 Å². The zero-order valence-electron chi connectivity index (χ0n) is 11.0. The fourth-order valence-corrected chi connectivity index (χ4v) is 2.24. The van der Waals surface area contributed by atoms with Crippen molar-refractivity contribution >= 4 is 6.03 Å². The summed E-state index contributed by atoms with van der Waals surface area (Å²) in [5.74, 6) is 0. The van der Waals surface area contributed by atoms with Gasteiger partial charge in [-0.3, -0.25) is 0 Å². The molecule has 0 aliphatic carbocycles. The minimum Gasteiger partial charge on any atom is -0.396 e. The summed E-state index contributed by atoms with van der Waals surface area (Å²) in [7, 11) is 1.88. The number of nitrogens with zero attached hydrogens (tertiary/aromatic N) is 2. The molecule has 2 amide bonds. The molecule has 17 heavy (non-hydrogen) atoms. The standard InChI is InChI=1S/C13H26N2O2/c1-14(9-5-4-8-12-16)13(17)15-10-6-2-3-7-11-15/h16H,2-12H2,1H3. The summed E-state index contributed by atoms with van der Waals surface area (Å²) in [5.41, 5.74) is 0. The summed E-state index contributed by atoms with van der Waals surface area (Å²) in [4.78, 5) is 15.9. The SMILES string of the molecule is CN(CCCCCO)C(=O)N1CCCCCC1. The Bertz CT molecular complexity index is 213. The van der Waals surface area contributed by atoms with Crippen molar-refractivity contribution in [3.63, 3.8) is 0 Å². The van der Waals surface area contributed by atoms with Crippen LogP contribution in [-0.4, -0.2) is 54.2 Å². The number of unbranched alkanes of at least 4 members (excludes halogenated alkanes) is 2. The number of urea groups is 1. The van der Waals surface area contributed by atoms with Gasteiger partial charge in [0.2, 0.25) is 0 Å². The number of hydrogen-bond acceptors (Lipinski definition) is 2. The third-order valence-corrected chi connectivity index (χ3v) is 3.35. The van der Waals surface area contributed by atoms with Gasteiger partial charge in [0, 0.05) is 33.3 Å². The first kappa shape index (κ1) is 14.3. The maximum Gasteiger partial charge on any atom is 0.319 e. The molecule has 0 aromatic rings. The van der Waals surface area contributed by atoms with Gasteiger partial charge in [0.15, 0.2) is 0 Å². The van der Waals surface area contributed by atoms with Crippen molar-refractivity contribution in [2.45, 2.75) is 44.9 Å². The van der Waals surface area contributed by atoms with Gasteiger partial charge in [-0.2, -0.15) is 0 Å². The maximum absolute atomic E-state index is 12.1. The van der Waals surface area contributed by atoms with Crippen molar-refractivity contribution in [2.75, 3.05) is 33.3 Å². The van der Waals surface area contributed by atoms with Crippen LogP contribution in [-0.2, 0) is 0 Å². The van der Waals surface area contributed by atoms with E-state index in [0.717, 1.165) is 51.7 Å². The van der Waals surface area contributed by atoms with Crippen molar-refractivity contribution in [3.05, 3.63) is 0 Å². The lowest BCUT2D eigenvalue weighted by molar-refractivity contribution is 0.163. The van der Waals surface area contributed by atoms with Crippen LogP contribution in [0.3, 0.4) is 0 Å². The average molecular weight is 242 g/mol. The Balaban J connectivity index is 2.24. The molecule has 1 aliphatic heterocycles. The van der Waals surface area contributed by atoms with E-state index in [1.54, 1.807) is 0 Å². The molecule has 1 fully saturated rings. The quantitative estimate of drug-likeness (QED) is 0.750. The second-order valence-corrected chi connectivity index (χ2v) is 4.89. The predicted octanol–water partition coefficient (Wildman–Crippen LogP) is 2.08. The van der Waals surface area contributed by atoms with Crippen molar-refractivity contribution in [2.24, 2.45) is 0 Å². The van der Waals surface area contributed by atoms with Crippen molar-refractivity contribution in [1.82, 2.24) is 9.80 Å². The number of carbonyl (C=O) groups excluding carboxylic acids is 1. The van der Waals surface area contributed by atoms with Gasteiger partial charge in [0.1, 0.15) is 0 Å². The minimum absolute atomic E-state index is 0.177. The number of hydrogen-bond donors (Lipinski definition) is 1. The summed E-state index contributed by atoms with van der Waals surface area (Å²) in [6.07, 6.45) is 7.61. The predicted molar refractivity (Wildman–Crippen MR) is 69.0 cm³/mol. The molecule has 100 valence electrons. The highest BCUT2D eigenvalue weighted by Gasteiger charge is 2.18. The van der Waals surface area contributed by atoms with E-state index in [1.807, 2.05) is 16.8 Å². The molecular weight excluding hydrogens is 216 g/mol. The van der Waals surface area contributed by atoms with Gasteiger partial charge >= 0.3 is 6.03 Å². The molecule has 4 heteroatoms. The van der Waals surface area contributed by atoms with E-state index in [-0.39, 0.29) is 12.6 Å².